The number of ether oxygens (including phenoxy) is 2. The first-order valence-corrected chi connectivity index (χ1v) is 12.2. The third-order valence-electron chi connectivity index (χ3n) is 6.26. The van der Waals surface area contributed by atoms with Crippen molar-refractivity contribution in [2.45, 2.75) is 52.7 Å². The Morgan fingerprint density at radius 2 is 1.75 bits per heavy atom. The van der Waals surface area contributed by atoms with E-state index < -0.39 is 11.7 Å². The second-order valence-corrected chi connectivity index (χ2v) is 11.0. The normalized spacial score (nSPS) is 15.2. The zero-order valence-electron chi connectivity index (χ0n) is 22.3. The molecule has 0 unspecified atom stereocenters. The van der Waals surface area contributed by atoms with Gasteiger partial charge in [0.1, 0.15) is 29.0 Å². The van der Waals surface area contributed by atoms with Crippen LogP contribution in [-0.4, -0.2) is 70.0 Å². The molecular weight excluding hydrogens is 458 g/mol. The Labute approximate surface area is 212 Å². The van der Waals surface area contributed by atoms with E-state index in [1.165, 1.54) is 6.33 Å². The van der Waals surface area contributed by atoms with E-state index in [1.54, 1.807) is 13.2 Å². The van der Waals surface area contributed by atoms with Crippen LogP contribution in [0.5, 0.6) is 5.75 Å². The molecule has 0 aliphatic carbocycles. The van der Waals surface area contributed by atoms with Crippen LogP contribution in [0.3, 0.4) is 0 Å². The second kappa shape index (κ2) is 9.50. The van der Waals surface area contributed by atoms with E-state index in [4.69, 9.17) is 15.2 Å². The van der Waals surface area contributed by atoms with E-state index >= 15 is 0 Å². The number of hydrogen-bond donors (Lipinski definition) is 2. The average Bonchev–Trinajstić information content (AvgIpc) is 3.18. The number of fused-ring (bicyclic) bond motifs is 1. The Balaban J connectivity index is 1.68. The molecule has 3 N–H and O–H groups in total. The number of amides is 1. The van der Waals surface area contributed by atoms with E-state index in [0.29, 0.717) is 17.3 Å². The summed E-state index contributed by atoms with van der Waals surface area (Å²) in [5, 5.41) is 7.29. The van der Waals surface area contributed by atoms with Crippen molar-refractivity contribution in [3.8, 4) is 16.9 Å². The number of nitrogen functional groups attached to an aromatic ring is 1. The number of piperazine rings is 1. The van der Waals surface area contributed by atoms with Gasteiger partial charge in [0, 0.05) is 37.3 Å². The summed E-state index contributed by atoms with van der Waals surface area (Å²) in [5.41, 5.74) is 8.89. The highest BCUT2D eigenvalue weighted by Crippen LogP contribution is 2.38. The predicted molar refractivity (Wildman–Crippen MR) is 143 cm³/mol. The van der Waals surface area contributed by atoms with Crippen molar-refractivity contribution in [1.82, 2.24) is 19.5 Å². The molecule has 36 heavy (non-hydrogen) atoms. The monoisotopic (exact) mass is 495 g/mol. The number of anilines is 3. The standard InChI is InChI=1S/C26H37N7O3/c1-25(2,3)32-12-10-31(11-13-32)21-15-18(22-23(27)28-16-29-33(21)22)17-8-9-19(20(14-17)35-7)30-24(34)36-26(4,5)6/h8-9,14-16H,10-13H2,1-7H3,(H,30,34)(H2,27,28,29). The lowest BCUT2D eigenvalue weighted by atomic mass is 10.0. The van der Waals surface area contributed by atoms with Gasteiger partial charge in [-0.15, -0.1) is 0 Å². The van der Waals surface area contributed by atoms with Crippen molar-refractivity contribution in [3.63, 3.8) is 0 Å². The molecule has 1 aliphatic rings. The van der Waals surface area contributed by atoms with E-state index in [1.807, 2.05) is 37.4 Å². The molecule has 4 rings (SSSR count). The Hall–Kier alpha value is -3.53. The van der Waals surface area contributed by atoms with Crippen molar-refractivity contribution < 1.29 is 14.3 Å². The lowest BCUT2D eigenvalue weighted by Gasteiger charge is -2.42. The number of nitrogens with two attached hydrogens (primary N) is 1. The number of rotatable bonds is 4. The summed E-state index contributed by atoms with van der Waals surface area (Å²) in [5.74, 6) is 1.88. The fourth-order valence-corrected chi connectivity index (χ4v) is 4.48. The summed E-state index contributed by atoms with van der Waals surface area (Å²) < 4.78 is 12.8. The van der Waals surface area contributed by atoms with Crippen molar-refractivity contribution in [3.05, 3.63) is 30.6 Å². The van der Waals surface area contributed by atoms with Crippen LogP contribution < -0.4 is 20.7 Å². The zero-order valence-corrected chi connectivity index (χ0v) is 22.3. The summed E-state index contributed by atoms with van der Waals surface area (Å²) in [6, 6.07) is 7.68. The highest BCUT2D eigenvalue weighted by molar-refractivity contribution is 5.93. The topological polar surface area (TPSA) is 110 Å². The van der Waals surface area contributed by atoms with Gasteiger partial charge in [-0.25, -0.2) is 14.3 Å². The van der Waals surface area contributed by atoms with Crippen LogP contribution in [-0.2, 0) is 4.74 Å². The highest BCUT2D eigenvalue weighted by atomic mass is 16.6. The molecular formula is C26H37N7O3. The van der Waals surface area contributed by atoms with Crippen molar-refractivity contribution in [2.24, 2.45) is 0 Å². The van der Waals surface area contributed by atoms with Crippen molar-refractivity contribution in [1.29, 1.82) is 0 Å². The minimum Gasteiger partial charge on any atom is -0.495 e. The number of aromatic nitrogens is 3. The summed E-state index contributed by atoms with van der Waals surface area (Å²) in [7, 11) is 1.56. The highest BCUT2D eigenvalue weighted by Gasteiger charge is 2.28. The summed E-state index contributed by atoms with van der Waals surface area (Å²) in [6.45, 7) is 15.9. The van der Waals surface area contributed by atoms with Crippen LogP contribution >= 0.6 is 0 Å². The number of carbonyl (C=O) groups excluding carboxylic acids is 1. The maximum atomic E-state index is 12.3. The van der Waals surface area contributed by atoms with Gasteiger partial charge in [0.2, 0.25) is 0 Å². The van der Waals surface area contributed by atoms with Gasteiger partial charge in [-0.3, -0.25) is 10.2 Å². The molecule has 0 saturated carbocycles. The lowest BCUT2D eigenvalue weighted by Crippen LogP contribution is -2.53. The number of carbonyl (C=O) groups is 1. The maximum absolute atomic E-state index is 12.3. The Bertz CT molecular complexity index is 1250. The molecule has 1 fully saturated rings. The molecule has 0 radical (unpaired) electrons. The summed E-state index contributed by atoms with van der Waals surface area (Å²) in [4.78, 5) is 21.4. The molecule has 2 aromatic heterocycles. The molecule has 1 aliphatic heterocycles. The molecule has 1 amide bonds. The fraction of sp³-hybridized carbons (Fsp3) is 0.500. The summed E-state index contributed by atoms with van der Waals surface area (Å²) in [6.07, 6.45) is 0.937. The third kappa shape index (κ3) is 5.33. The van der Waals surface area contributed by atoms with E-state index in [2.05, 4.69) is 52.0 Å². The number of benzene rings is 1. The molecule has 1 saturated heterocycles. The molecule has 0 spiro atoms. The predicted octanol–water partition coefficient (Wildman–Crippen LogP) is 4.25. The van der Waals surface area contributed by atoms with E-state index in [0.717, 1.165) is 48.6 Å². The molecule has 0 atom stereocenters. The number of nitrogens with zero attached hydrogens (tertiary/aromatic N) is 5. The van der Waals surface area contributed by atoms with Crippen molar-refractivity contribution in [2.75, 3.05) is 49.2 Å². The van der Waals surface area contributed by atoms with Gasteiger partial charge in [0.05, 0.1) is 12.8 Å². The largest absolute Gasteiger partial charge is 0.495 e. The Morgan fingerprint density at radius 1 is 1.06 bits per heavy atom. The Kier molecular flexibility index (Phi) is 6.74. The average molecular weight is 496 g/mol. The maximum Gasteiger partial charge on any atom is 0.412 e. The van der Waals surface area contributed by atoms with Gasteiger partial charge in [0.25, 0.3) is 0 Å². The van der Waals surface area contributed by atoms with Gasteiger partial charge in [-0.2, -0.15) is 5.10 Å². The van der Waals surface area contributed by atoms with Gasteiger partial charge in [0.15, 0.2) is 5.82 Å². The quantitative estimate of drug-likeness (QED) is 0.553. The molecule has 3 aromatic rings. The Morgan fingerprint density at radius 3 is 2.36 bits per heavy atom. The number of hydrogen-bond acceptors (Lipinski definition) is 8. The zero-order chi connectivity index (χ0) is 26.3. The van der Waals surface area contributed by atoms with Gasteiger partial charge >= 0.3 is 6.09 Å². The van der Waals surface area contributed by atoms with Gasteiger partial charge < -0.3 is 20.1 Å². The SMILES string of the molecule is COc1cc(-c2cc(N3CCN(C(C)(C)C)CC3)n3ncnc(N)c23)ccc1NC(=O)OC(C)(C)C. The molecule has 10 heteroatoms. The van der Waals surface area contributed by atoms with Gasteiger partial charge in [-0.1, -0.05) is 6.07 Å². The summed E-state index contributed by atoms with van der Waals surface area (Å²) >= 11 is 0. The molecule has 194 valence electrons. The van der Waals surface area contributed by atoms with Crippen LogP contribution in [0.2, 0.25) is 0 Å². The minimum absolute atomic E-state index is 0.136. The molecule has 3 heterocycles. The van der Waals surface area contributed by atoms with Crippen LogP contribution in [0.4, 0.5) is 22.1 Å². The van der Waals surface area contributed by atoms with Crippen LogP contribution in [0, 0.1) is 0 Å². The first-order chi connectivity index (χ1) is 16.9. The fourth-order valence-electron chi connectivity index (χ4n) is 4.48. The number of methoxy groups -OCH3 is 1. The lowest BCUT2D eigenvalue weighted by molar-refractivity contribution is 0.0635. The van der Waals surface area contributed by atoms with Crippen molar-refractivity contribution >= 4 is 28.9 Å². The van der Waals surface area contributed by atoms with Crippen LogP contribution in [0.1, 0.15) is 41.5 Å². The van der Waals surface area contributed by atoms with Gasteiger partial charge in [-0.05, 0) is 65.3 Å². The smallest absolute Gasteiger partial charge is 0.412 e. The molecule has 0 bridgehead atoms. The van der Waals surface area contributed by atoms with E-state index in [9.17, 15) is 4.79 Å². The first-order valence-electron chi connectivity index (χ1n) is 12.2. The van der Waals surface area contributed by atoms with Crippen LogP contribution in [0.15, 0.2) is 30.6 Å². The first kappa shape index (κ1) is 25.6. The second-order valence-electron chi connectivity index (χ2n) is 11.0. The third-order valence-corrected chi connectivity index (χ3v) is 6.26. The molecule has 10 nitrogen and oxygen atoms in total. The molecule has 1 aromatic carbocycles. The van der Waals surface area contributed by atoms with Crippen LogP contribution in [0.25, 0.3) is 16.6 Å². The minimum atomic E-state index is -0.602. The number of nitrogens with one attached hydrogen (secondary N) is 1. The van der Waals surface area contributed by atoms with E-state index in [-0.39, 0.29) is 5.54 Å².